The van der Waals surface area contributed by atoms with Crippen molar-refractivity contribution >= 4 is 44.4 Å². The van der Waals surface area contributed by atoms with E-state index in [1.165, 1.54) is 10.8 Å². The first kappa shape index (κ1) is 15.9. The van der Waals surface area contributed by atoms with E-state index in [1.54, 1.807) is 24.4 Å². The molecule has 0 atom stereocenters. The maximum absolute atomic E-state index is 13.2. The van der Waals surface area contributed by atoms with E-state index in [0.29, 0.717) is 31.8 Å². The van der Waals surface area contributed by atoms with Crippen LogP contribution < -0.4 is 5.56 Å². The fourth-order valence-corrected chi connectivity index (χ4v) is 3.38. The number of nitrogens with zero attached hydrogens (tertiary/aromatic N) is 5. The van der Waals surface area contributed by atoms with E-state index < -0.39 is 12.1 Å². The van der Waals surface area contributed by atoms with Crippen LogP contribution in [0.3, 0.4) is 0 Å². The summed E-state index contributed by atoms with van der Waals surface area (Å²) in [5.41, 5.74) is 1.34. The Balaban J connectivity index is 2.02. The van der Waals surface area contributed by atoms with Crippen LogP contribution in [0.4, 0.5) is 8.78 Å². The van der Waals surface area contributed by atoms with Crippen LogP contribution in [0.15, 0.2) is 47.7 Å². The molecule has 4 heterocycles. The Hall–Kier alpha value is -3.33. The predicted molar refractivity (Wildman–Crippen MR) is 96.5 cm³/mol. The molecule has 0 bridgehead atoms. The summed E-state index contributed by atoms with van der Waals surface area (Å²) in [5.74, 6) is 0. The molecule has 0 saturated carbocycles. The SMILES string of the molecule is O=c1c2nn(C(F)F)cc2c2ncc(Cl)cc2n1-c1cccc2[nH]ncc12. The van der Waals surface area contributed by atoms with Gasteiger partial charge < -0.3 is 0 Å². The van der Waals surface area contributed by atoms with Gasteiger partial charge in [0.25, 0.3) is 5.56 Å². The van der Waals surface area contributed by atoms with Crippen molar-refractivity contribution in [2.24, 2.45) is 0 Å². The van der Waals surface area contributed by atoms with Crippen LogP contribution in [-0.2, 0) is 0 Å². The molecule has 4 aromatic heterocycles. The first-order chi connectivity index (χ1) is 13.0. The Morgan fingerprint density at radius 3 is 2.81 bits per heavy atom. The first-order valence-electron chi connectivity index (χ1n) is 7.84. The summed E-state index contributed by atoms with van der Waals surface area (Å²) >= 11 is 6.10. The number of halogens is 3. The number of pyridine rings is 2. The molecule has 1 aromatic carbocycles. The highest BCUT2D eigenvalue weighted by Gasteiger charge is 2.20. The third-order valence-electron chi connectivity index (χ3n) is 4.37. The smallest absolute Gasteiger partial charge is 0.278 e. The van der Waals surface area contributed by atoms with E-state index in [0.717, 1.165) is 11.7 Å². The predicted octanol–water partition coefficient (Wildman–Crippen LogP) is 3.66. The Bertz CT molecular complexity index is 1400. The Morgan fingerprint density at radius 2 is 2.00 bits per heavy atom. The standard InChI is InChI=1S/C17H9ClF2N6O/c18-8-4-13-14(21-5-8)10-7-25(17(19)20)24-15(10)16(27)26(13)12-3-1-2-11-9(12)6-22-23-11/h1-7,17H,(H,22,23). The van der Waals surface area contributed by atoms with Crippen molar-refractivity contribution in [3.63, 3.8) is 0 Å². The lowest BCUT2D eigenvalue weighted by Crippen LogP contribution is -2.20. The molecule has 0 amide bonds. The maximum atomic E-state index is 13.2. The topological polar surface area (TPSA) is 81.4 Å². The third kappa shape index (κ3) is 2.25. The average molecular weight is 387 g/mol. The lowest BCUT2D eigenvalue weighted by Gasteiger charge is -2.11. The van der Waals surface area contributed by atoms with Crippen LogP contribution in [-0.4, -0.2) is 29.5 Å². The molecular formula is C17H9ClF2N6O. The summed E-state index contributed by atoms with van der Waals surface area (Å²) in [4.78, 5) is 17.5. The fraction of sp³-hybridized carbons (Fsp3) is 0.0588. The van der Waals surface area contributed by atoms with Gasteiger partial charge in [-0.1, -0.05) is 17.7 Å². The molecule has 1 N–H and O–H groups in total. The summed E-state index contributed by atoms with van der Waals surface area (Å²) in [5, 5.41) is 11.9. The van der Waals surface area contributed by atoms with E-state index in [9.17, 15) is 13.6 Å². The highest BCUT2D eigenvalue weighted by molar-refractivity contribution is 6.31. The number of rotatable bonds is 2. The highest BCUT2D eigenvalue weighted by atomic mass is 35.5. The molecular weight excluding hydrogens is 378 g/mol. The number of hydrogen-bond acceptors (Lipinski definition) is 4. The molecule has 27 heavy (non-hydrogen) atoms. The van der Waals surface area contributed by atoms with Gasteiger partial charge in [-0.3, -0.25) is 19.4 Å². The molecule has 0 saturated heterocycles. The molecule has 0 radical (unpaired) electrons. The Morgan fingerprint density at radius 1 is 1.15 bits per heavy atom. The molecule has 0 aliphatic carbocycles. The number of benzene rings is 1. The van der Waals surface area contributed by atoms with E-state index in [-0.39, 0.29) is 10.9 Å². The maximum Gasteiger partial charge on any atom is 0.333 e. The van der Waals surface area contributed by atoms with Crippen molar-refractivity contribution in [2.45, 2.75) is 6.55 Å². The zero-order valence-corrected chi connectivity index (χ0v) is 14.2. The van der Waals surface area contributed by atoms with Gasteiger partial charge in [0.2, 0.25) is 0 Å². The average Bonchev–Trinajstić information content (AvgIpc) is 3.29. The van der Waals surface area contributed by atoms with Gasteiger partial charge in [-0.15, -0.1) is 0 Å². The number of nitrogens with one attached hydrogen (secondary N) is 1. The van der Waals surface area contributed by atoms with Crippen LogP contribution in [0.25, 0.3) is 38.5 Å². The third-order valence-corrected chi connectivity index (χ3v) is 4.58. The van der Waals surface area contributed by atoms with Crippen molar-refractivity contribution in [2.75, 3.05) is 0 Å². The monoisotopic (exact) mass is 386 g/mol. The van der Waals surface area contributed by atoms with Crippen molar-refractivity contribution in [1.29, 1.82) is 0 Å². The largest absolute Gasteiger partial charge is 0.333 e. The Kier molecular flexibility index (Phi) is 3.28. The molecule has 0 spiro atoms. The van der Waals surface area contributed by atoms with Crippen molar-refractivity contribution in [3.05, 3.63) is 58.2 Å². The lowest BCUT2D eigenvalue weighted by atomic mass is 10.1. The van der Waals surface area contributed by atoms with Gasteiger partial charge in [-0.05, 0) is 18.2 Å². The van der Waals surface area contributed by atoms with Gasteiger partial charge in [0.15, 0.2) is 5.52 Å². The van der Waals surface area contributed by atoms with Gasteiger partial charge in [0.05, 0.1) is 38.8 Å². The molecule has 0 aliphatic rings. The first-order valence-corrected chi connectivity index (χ1v) is 8.22. The highest BCUT2D eigenvalue weighted by Crippen LogP contribution is 2.28. The number of aromatic amines is 1. The second-order valence-corrected chi connectivity index (χ2v) is 6.36. The molecule has 10 heteroatoms. The van der Waals surface area contributed by atoms with E-state index in [1.807, 2.05) is 6.07 Å². The minimum absolute atomic E-state index is 0.0990. The number of aromatic nitrogens is 6. The van der Waals surface area contributed by atoms with Crippen LogP contribution in [0, 0.1) is 0 Å². The van der Waals surface area contributed by atoms with Crippen LogP contribution in [0.2, 0.25) is 5.02 Å². The van der Waals surface area contributed by atoms with Crippen LogP contribution in [0.1, 0.15) is 6.55 Å². The zero-order chi connectivity index (χ0) is 18.7. The van der Waals surface area contributed by atoms with Gasteiger partial charge >= 0.3 is 6.55 Å². The Labute approximate surface area is 153 Å². The molecule has 5 rings (SSSR count). The summed E-state index contributed by atoms with van der Waals surface area (Å²) in [6.45, 7) is -2.87. The molecule has 7 nitrogen and oxygen atoms in total. The second kappa shape index (κ2) is 5.58. The normalized spacial score (nSPS) is 12.0. The summed E-state index contributed by atoms with van der Waals surface area (Å²) in [6.07, 6.45) is 4.10. The minimum atomic E-state index is -2.87. The molecule has 0 fully saturated rings. The van der Waals surface area contributed by atoms with Crippen molar-refractivity contribution in [1.82, 2.24) is 29.5 Å². The quantitative estimate of drug-likeness (QED) is 0.502. The molecule has 5 aromatic rings. The minimum Gasteiger partial charge on any atom is -0.278 e. The number of alkyl halides is 2. The van der Waals surface area contributed by atoms with Gasteiger partial charge in [0.1, 0.15) is 0 Å². The van der Waals surface area contributed by atoms with Crippen molar-refractivity contribution < 1.29 is 8.78 Å². The second-order valence-electron chi connectivity index (χ2n) is 5.92. The van der Waals surface area contributed by atoms with Gasteiger partial charge in [-0.25, -0.2) is 4.68 Å². The molecule has 0 aliphatic heterocycles. The molecule has 134 valence electrons. The zero-order valence-electron chi connectivity index (χ0n) is 13.4. The summed E-state index contributed by atoms with van der Waals surface area (Å²) in [6, 6.07) is 6.88. The van der Waals surface area contributed by atoms with Gasteiger partial charge in [0, 0.05) is 17.8 Å². The number of fused-ring (bicyclic) bond motifs is 4. The van der Waals surface area contributed by atoms with Crippen molar-refractivity contribution in [3.8, 4) is 5.69 Å². The molecule has 0 unspecified atom stereocenters. The fourth-order valence-electron chi connectivity index (χ4n) is 3.23. The van der Waals surface area contributed by atoms with E-state index in [4.69, 9.17) is 11.6 Å². The van der Waals surface area contributed by atoms with E-state index >= 15 is 0 Å². The summed E-state index contributed by atoms with van der Waals surface area (Å²) < 4.78 is 28.1. The lowest BCUT2D eigenvalue weighted by molar-refractivity contribution is 0.0573. The van der Waals surface area contributed by atoms with E-state index in [2.05, 4.69) is 20.3 Å². The van der Waals surface area contributed by atoms with Crippen LogP contribution >= 0.6 is 11.6 Å². The number of H-pyrrole nitrogens is 1. The van der Waals surface area contributed by atoms with Crippen LogP contribution in [0.5, 0.6) is 0 Å². The van der Waals surface area contributed by atoms with Gasteiger partial charge in [-0.2, -0.15) is 19.0 Å². The summed E-state index contributed by atoms with van der Waals surface area (Å²) in [7, 11) is 0. The number of hydrogen-bond donors (Lipinski definition) is 1.